The molecule has 0 saturated heterocycles. The lowest BCUT2D eigenvalue weighted by atomic mass is 10.0. The second kappa shape index (κ2) is 7.17. The van der Waals surface area contributed by atoms with Crippen molar-refractivity contribution >= 4 is 17.7 Å². The maximum Gasteiger partial charge on any atom is 0.326 e. The van der Waals surface area contributed by atoms with Crippen LogP contribution in [0.3, 0.4) is 0 Å². The standard InChI is InChI=1S/C12H25NO2S/c1-9(2)7-16-8-12(5,11(14)15-6)13-10(3)4/h9-10,13H,7-8H2,1-6H3. The summed E-state index contributed by atoms with van der Waals surface area (Å²) in [5.74, 6) is 2.27. The summed E-state index contributed by atoms with van der Waals surface area (Å²) in [6.07, 6.45) is 0. The molecule has 0 aliphatic heterocycles. The Bertz CT molecular complexity index is 219. The summed E-state index contributed by atoms with van der Waals surface area (Å²) in [5, 5.41) is 3.29. The first-order chi connectivity index (χ1) is 7.31. The molecule has 0 saturated carbocycles. The minimum atomic E-state index is -0.581. The van der Waals surface area contributed by atoms with Gasteiger partial charge in [0.1, 0.15) is 5.54 Å². The highest BCUT2D eigenvalue weighted by Crippen LogP contribution is 2.18. The Kier molecular flexibility index (Phi) is 7.07. The minimum absolute atomic E-state index is 0.183. The van der Waals surface area contributed by atoms with Gasteiger partial charge in [0.15, 0.2) is 0 Å². The van der Waals surface area contributed by atoms with Gasteiger partial charge in [0.2, 0.25) is 0 Å². The van der Waals surface area contributed by atoms with Gasteiger partial charge in [-0.25, -0.2) is 0 Å². The molecule has 0 amide bonds. The second-order valence-corrected chi connectivity index (χ2v) is 6.06. The highest BCUT2D eigenvalue weighted by atomic mass is 32.2. The van der Waals surface area contributed by atoms with Crippen LogP contribution in [0.15, 0.2) is 0 Å². The molecule has 0 aliphatic rings. The predicted molar refractivity (Wildman–Crippen MR) is 70.9 cm³/mol. The van der Waals surface area contributed by atoms with Crippen LogP contribution in [0.5, 0.6) is 0 Å². The second-order valence-electron chi connectivity index (χ2n) is 5.03. The van der Waals surface area contributed by atoms with Crippen molar-refractivity contribution in [2.24, 2.45) is 5.92 Å². The van der Waals surface area contributed by atoms with Crippen LogP contribution in [0.1, 0.15) is 34.6 Å². The molecule has 0 rings (SSSR count). The lowest BCUT2D eigenvalue weighted by molar-refractivity contribution is -0.147. The topological polar surface area (TPSA) is 38.3 Å². The molecule has 1 N–H and O–H groups in total. The number of hydrogen-bond acceptors (Lipinski definition) is 4. The average molecular weight is 247 g/mol. The molecule has 0 fully saturated rings. The molecule has 0 aromatic rings. The number of carbonyl (C=O) groups excluding carboxylic acids is 1. The monoisotopic (exact) mass is 247 g/mol. The van der Waals surface area contributed by atoms with E-state index < -0.39 is 5.54 Å². The van der Waals surface area contributed by atoms with E-state index in [9.17, 15) is 4.79 Å². The van der Waals surface area contributed by atoms with E-state index in [2.05, 4.69) is 19.2 Å². The first-order valence-corrected chi connectivity index (χ1v) is 6.91. The third-order valence-electron chi connectivity index (χ3n) is 2.09. The van der Waals surface area contributed by atoms with Gasteiger partial charge < -0.3 is 4.74 Å². The molecular weight excluding hydrogens is 222 g/mol. The third-order valence-corrected chi connectivity index (χ3v) is 3.77. The first-order valence-electron chi connectivity index (χ1n) is 5.75. The smallest absolute Gasteiger partial charge is 0.326 e. The highest BCUT2D eigenvalue weighted by molar-refractivity contribution is 7.99. The molecule has 0 aromatic heterocycles. The van der Waals surface area contributed by atoms with Gasteiger partial charge in [0.25, 0.3) is 0 Å². The van der Waals surface area contributed by atoms with E-state index in [1.165, 1.54) is 7.11 Å². The Morgan fingerprint density at radius 3 is 2.31 bits per heavy atom. The largest absolute Gasteiger partial charge is 0.468 e. The molecule has 0 spiro atoms. The predicted octanol–water partition coefficient (Wildman–Crippen LogP) is 2.31. The number of carbonyl (C=O) groups is 1. The summed E-state index contributed by atoms with van der Waals surface area (Å²) >= 11 is 1.79. The fourth-order valence-corrected chi connectivity index (χ4v) is 2.72. The maximum atomic E-state index is 11.7. The van der Waals surface area contributed by atoms with E-state index >= 15 is 0 Å². The zero-order valence-electron chi connectivity index (χ0n) is 11.3. The molecule has 0 bridgehead atoms. The first kappa shape index (κ1) is 15.8. The summed E-state index contributed by atoms with van der Waals surface area (Å²) in [5.41, 5.74) is -0.581. The van der Waals surface area contributed by atoms with Crippen molar-refractivity contribution in [2.75, 3.05) is 18.6 Å². The van der Waals surface area contributed by atoms with Crippen LogP contribution in [0, 0.1) is 5.92 Å². The number of rotatable bonds is 7. The van der Waals surface area contributed by atoms with Crippen molar-refractivity contribution in [1.82, 2.24) is 5.32 Å². The van der Waals surface area contributed by atoms with Gasteiger partial charge in [0, 0.05) is 11.8 Å². The normalized spacial score (nSPS) is 15.2. The highest BCUT2D eigenvalue weighted by Gasteiger charge is 2.34. The van der Waals surface area contributed by atoms with Crippen LogP contribution < -0.4 is 5.32 Å². The minimum Gasteiger partial charge on any atom is -0.468 e. The van der Waals surface area contributed by atoms with E-state index in [0.717, 1.165) is 11.5 Å². The fourth-order valence-electron chi connectivity index (χ4n) is 1.52. The van der Waals surface area contributed by atoms with E-state index in [1.807, 2.05) is 20.8 Å². The van der Waals surface area contributed by atoms with Crippen LogP contribution in [-0.2, 0) is 9.53 Å². The molecule has 1 atom stereocenters. The van der Waals surface area contributed by atoms with Gasteiger partial charge in [0.05, 0.1) is 7.11 Å². The lowest BCUT2D eigenvalue weighted by Gasteiger charge is -2.30. The molecule has 3 nitrogen and oxygen atoms in total. The summed E-state index contributed by atoms with van der Waals surface area (Å²) in [4.78, 5) is 11.7. The Labute approximate surface area is 104 Å². The van der Waals surface area contributed by atoms with Gasteiger partial charge in [-0.2, -0.15) is 11.8 Å². The fraction of sp³-hybridized carbons (Fsp3) is 0.917. The maximum absolute atomic E-state index is 11.7. The molecule has 16 heavy (non-hydrogen) atoms. The summed E-state index contributed by atoms with van der Waals surface area (Å²) < 4.78 is 4.86. The number of nitrogens with one attached hydrogen (secondary N) is 1. The van der Waals surface area contributed by atoms with Crippen molar-refractivity contribution < 1.29 is 9.53 Å². The zero-order valence-corrected chi connectivity index (χ0v) is 12.1. The van der Waals surface area contributed by atoms with Crippen LogP contribution in [0.4, 0.5) is 0 Å². The number of ether oxygens (including phenoxy) is 1. The Morgan fingerprint density at radius 2 is 1.94 bits per heavy atom. The van der Waals surface area contributed by atoms with Gasteiger partial charge in [-0.3, -0.25) is 10.1 Å². The van der Waals surface area contributed by atoms with Crippen molar-refractivity contribution in [3.8, 4) is 0 Å². The molecule has 1 unspecified atom stereocenters. The number of hydrogen-bond donors (Lipinski definition) is 1. The summed E-state index contributed by atoms with van der Waals surface area (Å²) in [6, 6.07) is 0.267. The molecule has 0 radical (unpaired) electrons. The third kappa shape index (κ3) is 5.75. The Balaban J connectivity index is 4.36. The van der Waals surface area contributed by atoms with E-state index in [1.54, 1.807) is 11.8 Å². The van der Waals surface area contributed by atoms with Gasteiger partial charge >= 0.3 is 5.97 Å². The molecule has 4 heteroatoms. The molecule has 0 heterocycles. The van der Waals surface area contributed by atoms with Crippen molar-refractivity contribution in [1.29, 1.82) is 0 Å². The molecule has 0 aliphatic carbocycles. The number of esters is 1. The molecule has 96 valence electrons. The number of methoxy groups -OCH3 is 1. The SMILES string of the molecule is COC(=O)C(C)(CSCC(C)C)NC(C)C. The lowest BCUT2D eigenvalue weighted by Crippen LogP contribution is -2.55. The zero-order chi connectivity index (χ0) is 12.8. The van der Waals surface area contributed by atoms with E-state index in [-0.39, 0.29) is 12.0 Å². The Morgan fingerprint density at radius 1 is 1.38 bits per heavy atom. The Hall–Kier alpha value is -0.220. The summed E-state index contributed by atoms with van der Waals surface area (Å²) in [7, 11) is 1.44. The average Bonchev–Trinajstić information content (AvgIpc) is 2.14. The quantitative estimate of drug-likeness (QED) is 0.701. The van der Waals surface area contributed by atoms with Crippen LogP contribution in [0.2, 0.25) is 0 Å². The van der Waals surface area contributed by atoms with Gasteiger partial charge in [-0.1, -0.05) is 13.8 Å². The molecular formula is C12H25NO2S. The van der Waals surface area contributed by atoms with Crippen LogP contribution >= 0.6 is 11.8 Å². The van der Waals surface area contributed by atoms with E-state index in [0.29, 0.717) is 5.92 Å². The number of thioether (sulfide) groups is 1. The summed E-state index contributed by atoms with van der Waals surface area (Å²) in [6.45, 7) is 10.3. The van der Waals surface area contributed by atoms with Gasteiger partial charge in [-0.15, -0.1) is 0 Å². The van der Waals surface area contributed by atoms with Crippen molar-refractivity contribution in [3.63, 3.8) is 0 Å². The van der Waals surface area contributed by atoms with Crippen LogP contribution in [0.25, 0.3) is 0 Å². The van der Waals surface area contributed by atoms with Crippen LogP contribution in [-0.4, -0.2) is 36.2 Å². The van der Waals surface area contributed by atoms with E-state index in [4.69, 9.17) is 4.74 Å². The van der Waals surface area contributed by atoms with Gasteiger partial charge in [-0.05, 0) is 32.4 Å². The molecule has 0 aromatic carbocycles. The van der Waals surface area contributed by atoms with Crippen molar-refractivity contribution in [3.05, 3.63) is 0 Å². The van der Waals surface area contributed by atoms with Crippen molar-refractivity contribution in [2.45, 2.75) is 46.2 Å².